The van der Waals surface area contributed by atoms with Crippen molar-refractivity contribution in [2.75, 3.05) is 0 Å². The first kappa shape index (κ1) is 14.9. The molecule has 0 fully saturated rings. The zero-order chi connectivity index (χ0) is 15.2. The summed E-state index contributed by atoms with van der Waals surface area (Å²) in [6.07, 6.45) is 0.880. The SMILES string of the molecule is CC1(C)Cc2cc(C(Br)c3ccc(Cl)c(F)c3)ccc2O1. The Morgan fingerprint density at radius 2 is 1.86 bits per heavy atom. The molecule has 21 heavy (non-hydrogen) atoms. The molecule has 0 amide bonds. The maximum atomic E-state index is 13.6. The largest absolute Gasteiger partial charge is 0.487 e. The van der Waals surface area contributed by atoms with E-state index in [0.717, 1.165) is 23.3 Å². The molecule has 1 aliphatic heterocycles. The first-order chi connectivity index (χ1) is 9.85. The van der Waals surface area contributed by atoms with E-state index in [2.05, 4.69) is 35.8 Å². The van der Waals surface area contributed by atoms with E-state index in [4.69, 9.17) is 16.3 Å². The van der Waals surface area contributed by atoms with Gasteiger partial charge in [0, 0.05) is 6.42 Å². The van der Waals surface area contributed by atoms with Crippen molar-refractivity contribution in [1.29, 1.82) is 0 Å². The fourth-order valence-electron chi connectivity index (χ4n) is 2.65. The van der Waals surface area contributed by atoms with Gasteiger partial charge in [0.05, 0.1) is 9.85 Å². The molecular weight excluding hydrogens is 355 g/mol. The van der Waals surface area contributed by atoms with Gasteiger partial charge in [-0.05, 0) is 48.7 Å². The number of hydrogen-bond donors (Lipinski definition) is 0. The van der Waals surface area contributed by atoms with Crippen molar-refractivity contribution in [3.05, 3.63) is 63.9 Å². The normalized spacial score (nSPS) is 17.2. The van der Waals surface area contributed by atoms with Gasteiger partial charge in [-0.15, -0.1) is 0 Å². The molecule has 3 rings (SSSR count). The van der Waals surface area contributed by atoms with Crippen LogP contribution in [0.25, 0.3) is 0 Å². The average molecular weight is 370 g/mol. The molecule has 0 saturated heterocycles. The lowest BCUT2D eigenvalue weighted by atomic mass is 9.97. The molecule has 1 nitrogen and oxygen atoms in total. The van der Waals surface area contributed by atoms with Crippen molar-refractivity contribution < 1.29 is 9.13 Å². The molecule has 2 aromatic rings. The lowest BCUT2D eigenvalue weighted by molar-refractivity contribution is 0.138. The zero-order valence-electron chi connectivity index (χ0n) is 11.8. The maximum absolute atomic E-state index is 13.6. The van der Waals surface area contributed by atoms with Gasteiger partial charge in [-0.3, -0.25) is 0 Å². The minimum atomic E-state index is -0.399. The second-order valence-corrected chi connectivity index (χ2v) is 7.26. The number of halogens is 3. The monoisotopic (exact) mass is 368 g/mol. The smallest absolute Gasteiger partial charge is 0.142 e. The molecule has 1 atom stereocenters. The molecule has 2 aromatic carbocycles. The summed E-state index contributed by atoms with van der Waals surface area (Å²) >= 11 is 9.37. The van der Waals surface area contributed by atoms with Gasteiger partial charge in [-0.1, -0.05) is 45.7 Å². The summed E-state index contributed by atoms with van der Waals surface area (Å²) in [5.74, 6) is 0.537. The highest BCUT2D eigenvalue weighted by atomic mass is 79.9. The van der Waals surface area contributed by atoms with Crippen LogP contribution in [0.15, 0.2) is 36.4 Å². The van der Waals surface area contributed by atoms with Crippen LogP contribution in [0.5, 0.6) is 5.75 Å². The van der Waals surface area contributed by atoms with Crippen LogP contribution in [0.1, 0.15) is 35.4 Å². The first-order valence-corrected chi connectivity index (χ1v) is 8.06. The minimum absolute atomic E-state index is 0.0710. The molecular formula is C17H15BrClFO. The standard InChI is InChI=1S/C17H15BrClFO/c1-17(2)9-12-7-10(4-6-15(12)21-17)16(18)11-3-5-13(19)14(20)8-11/h3-8,16H,9H2,1-2H3. The number of rotatable bonds is 2. The second-order valence-electron chi connectivity index (χ2n) is 5.94. The van der Waals surface area contributed by atoms with E-state index in [1.807, 2.05) is 18.2 Å². The Morgan fingerprint density at radius 3 is 2.57 bits per heavy atom. The number of fused-ring (bicyclic) bond motifs is 1. The molecule has 1 unspecified atom stereocenters. The van der Waals surface area contributed by atoms with E-state index in [1.165, 1.54) is 11.6 Å². The van der Waals surface area contributed by atoms with E-state index in [1.54, 1.807) is 6.07 Å². The van der Waals surface area contributed by atoms with Gasteiger partial charge in [0.2, 0.25) is 0 Å². The van der Waals surface area contributed by atoms with Crippen LogP contribution in [0, 0.1) is 5.82 Å². The van der Waals surface area contributed by atoms with Crippen molar-refractivity contribution in [1.82, 2.24) is 0 Å². The third-order valence-electron chi connectivity index (χ3n) is 3.62. The van der Waals surface area contributed by atoms with Crippen LogP contribution in [0.3, 0.4) is 0 Å². The number of hydrogen-bond acceptors (Lipinski definition) is 1. The molecule has 0 aromatic heterocycles. The zero-order valence-corrected chi connectivity index (χ0v) is 14.1. The lowest BCUT2D eigenvalue weighted by Gasteiger charge is -2.16. The van der Waals surface area contributed by atoms with Crippen molar-refractivity contribution in [3.8, 4) is 5.75 Å². The molecule has 1 aliphatic rings. The Kier molecular flexibility index (Phi) is 3.74. The highest BCUT2D eigenvalue weighted by Crippen LogP contribution is 2.39. The molecule has 0 saturated carbocycles. The molecule has 4 heteroatoms. The Hall–Kier alpha value is -1.06. The summed E-state index contributed by atoms with van der Waals surface area (Å²) in [5, 5.41) is 0.141. The van der Waals surface area contributed by atoms with E-state index in [9.17, 15) is 4.39 Å². The number of ether oxygens (including phenoxy) is 1. The highest BCUT2D eigenvalue weighted by molar-refractivity contribution is 9.09. The van der Waals surface area contributed by atoms with Crippen molar-refractivity contribution >= 4 is 27.5 Å². The van der Waals surface area contributed by atoms with Crippen LogP contribution in [0.4, 0.5) is 4.39 Å². The van der Waals surface area contributed by atoms with Crippen LogP contribution in [-0.2, 0) is 6.42 Å². The van der Waals surface area contributed by atoms with Crippen LogP contribution >= 0.6 is 27.5 Å². The third-order valence-corrected chi connectivity index (χ3v) is 4.98. The van der Waals surface area contributed by atoms with E-state index >= 15 is 0 Å². The summed E-state index contributed by atoms with van der Waals surface area (Å²) < 4.78 is 19.5. The van der Waals surface area contributed by atoms with E-state index in [0.29, 0.717) is 0 Å². The highest BCUT2D eigenvalue weighted by Gasteiger charge is 2.30. The molecule has 110 valence electrons. The second kappa shape index (κ2) is 5.29. The number of benzene rings is 2. The van der Waals surface area contributed by atoms with E-state index in [-0.39, 0.29) is 15.5 Å². The fourth-order valence-corrected chi connectivity index (χ4v) is 3.34. The van der Waals surface area contributed by atoms with Gasteiger partial charge in [-0.2, -0.15) is 0 Å². The van der Waals surface area contributed by atoms with Gasteiger partial charge in [-0.25, -0.2) is 4.39 Å². The maximum Gasteiger partial charge on any atom is 0.142 e. The van der Waals surface area contributed by atoms with Gasteiger partial charge in [0.15, 0.2) is 0 Å². The van der Waals surface area contributed by atoms with Crippen molar-refractivity contribution in [2.24, 2.45) is 0 Å². The average Bonchev–Trinajstić information content (AvgIpc) is 2.73. The van der Waals surface area contributed by atoms with Crippen LogP contribution < -0.4 is 4.74 Å². The van der Waals surface area contributed by atoms with Crippen molar-refractivity contribution in [2.45, 2.75) is 30.7 Å². The quantitative estimate of drug-likeness (QED) is 0.619. The molecule has 0 bridgehead atoms. The Morgan fingerprint density at radius 1 is 1.19 bits per heavy atom. The summed E-state index contributed by atoms with van der Waals surface area (Å²) in [6.45, 7) is 4.15. The summed E-state index contributed by atoms with van der Waals surface area (Å²) in [5.41, 5.74) is 2.96. The molecule has 0 aliphatic carbocycles. The molecule has 0 N–H and O–H groups in total. The Balaban J connectivity index is 1.93. The first-order valence-electron chi connectivity index (χ1n) is 6.76. The predicted octanol–water partition coefficient (Wildman–Crippen LogP) is 5.68. The molecule has 1 heterocycles. The van der Waals surface area contributed by atoms with Crippen LogP contribution in [-0.4, -0.2) is 5.60 Å². The topological polar surface area (TPSA) is 9.23 Å². The molecule has 0 radical (unpaired) electrons. The molecule has 0 spiro atoms. The van der Waals surface area contributed by atoms with E-state index < -0.39 is 5.82 Å². The van der Waals surface area contributed by atoms with Crippen LogP contribution in [0.2, 0.25) is 5.02 Å². The summed E-state index contributed by atoms with van der Waals surface area (Å²) in [7, 11) is 0. The summed E-state index contributed by atoms with van der Waals surface area (Å²) in [4.78, 5) is -0.0710. The van der Waals surface area contributed by atoms with Gasteiger partial charge < -0.3 is 4.74 Å². The number of alkyl halides is 1. The predicted molar refractivity (Wildman–Crippen MR) is 87.0 cm³/mol. The Labute approximate surface area is 137 Å². The van der Waals surface area contributed by atoms with Crippen molar-refractivity contribution in [3.63, 3.8) is 0 Å². The van der Waals surface area contributed by atoms with Gasteiger partial charge in [0.25, 0.3) is 0 Å². The lowest BCUT2D eigenvalue weighted by Crippen LogP contribution is -2.24. The minimum Gasteiger partial charge on any atom is -0.487 e. The third kappa shape index (κ3) is 2.95. The summed E-state index contributed by atoms with van der Waals surface area (Å²) in [6, 6.07) is 11.0. The van der Waals surface area contributed by atoms with Gasteiger partial charge >= 0.3 is 0 Å². The Bertz CT molecular complexity index is 699. The fraction of sp³-hybridized carbons (Fsp3) is 0.294. The van der Waals surface area contributed by atoms with Gasteiger partial charge in [0.1, 0.15) is 17.2 Å².